The molecule has 24 heavy (non-hydrogen) atoms. The van der Waals surface area contributed by atoms with Crippen molar-refractivity contribution in [2.24, 2.45) is 0 Å². The summed E-state index contributed by atoms with van der Waals surface area (Å²) in [6.45, 7) is 2.36. The number of anilines is 1. The smallest absolute Gasteiger partial charge is 0.279 e. The summed E-state index contributed by atoms with van der Waals surface area (Å²) in [6, 6.07) is 14.1. The third kappa shape index (κ3) is 5.14. The molecule has 2 rings (SSSR count). The van der Waals surface area contributed by atoms with Crippen molar-refractivity contribution < 1.29 is 15.0 Å². The number of rotatable bonds is 7. The van der Waals surface area contributed by atoms with Crippen LogP contribution in [0.4, 0.5) is 11.4 Å². The monoisotopic (exact) mass is 392 g/mol. The van der Waals surface area contributed by atoms with Crippen LogP contribution in [0, 0.1) is 10.1 Å². The third-order valence-electron chi connectivity index (χ3n) is 3.69. The topological polar surface area (TPSA) is 88.8 Å². The number of carbonyl (C=O) groups is 1. The Morgan fingerprint density at radius 3 is 2.38 bits per heavy atom. The number of hydrogen-bond acceptors (Lipinski definition) is 3. The van der Waals surface area contributed by atoms with Crippen LogP contribution >= 0.6 is 15.9 Å². The van der Waals surface area contributed by atoms with E-state index >= 15 is 0 Å². The maximum atomic E-state index is 12.1. The lowest BCUT2D eigenvalue weighted by Crippen LogP contribution is -2.87. The fraction of sp³-hybridized carbons (Fsp3) is 0.235. The molecule has 0 aliphatic carbocycles. The summed E-state index contributed by atoms with van der Waals surface area (Å²) in [6.07, 6.45) is 0.909. The van der Waals surface area contributed by atoms with Crippen LogP contribution < -0.4 is 10.6 Å². The highest BCUT2D eigenvalue weighted by Gasteiger charge is 2.15. The molecule has 1 amide bonds. The van der Waals surface area contributed by atoms with Gasteiger partial charge in [0.1, 0.15) is 6.04 Å². The lowest BCUT2D eigenvalue weighted by molar-refractivity contribution is -0.686. The van der Waals surface area contributed by atoms with Crippen molar-refractivity contribution in [3.05, 3.63) is 68.7 Å². The third-order valence-corrected chi connectivity index (χ3v) is 4.22. The molecule has 1 atom stereocenters. The number of nitrogens with zero attached hydrogens (tertiary/aromatic N) is 1. The second-order valence-corrected chi connectivity index (χ2v) is 6.27. The Morgan fingerprint density at radius 2 is 1.83 bits per heavy atom. The van der Waals surface area contributed by atoms with Gasteiger partial charge in [0.15, 0.2) is 6.54 Å². The van der Waals surface area contributed by atoms with Crippen molar-refractivity contribution in [2.45, 2.75) is 19.4 Å². The van der Waals surface area contributed by atoms with Gasteiger partial charge in [-0.15, -0.1) is 0 Å². The van der Waals surface area contributed by atoms with Gasteiger partial charge < -0.3 is 10.6 Å². The van der Waals surface area contributed by atoms with Crippen LogP contribution in [0.25, 0.3) is 0 Å². The molecule has 126 valence electrons. The number of benzene rings is 2. The molecule has 0 aliphatic rings. The van der Waals surface area contributed by atoms with Gasteiger partial charge >= 0.3 is 0 Å². The predicted octanol–water partition coefficient (Wildman–Crippen LogP) is 3.01. The van der Waals surface area contributed by atoms with Crippen LogP contribution in [-0.2, 0) is 4.79 Å². The van der Waals surface area contributed by atoms with Crippen molar-refractivity contribution in [3.63, 3.8) is 0 Å². The van der Waals surface area contributed by atoms with Crippen LogP contribution in [0.15, 0.2) is 53.0 Å². The highest BCUT2D eigenvalue weighted by molar-refractivity contribution is 9.10. The van der Waals surface area contributed by atoms with Crippen LogP contribution in [0.1, 0.15) is 24.9 Å². The average molecular weight is 393 g/mol. The largest absolute Gasteiger partial charge is 0.332 e. The van der Waals surface area contributed by atoms with E-state index in [2.05, 4.69) is 28.2 Å². The van der Waals surface area contributed by atoms with Crippen LogP contribution in [0.5, 0.6) is 0 Å². The minimum atomic E-state index is -0.469. The number of nitrogens with two attached hydrogens (primary N) is 1. The van der Waals surface area contributed by atoms with Gasteiger partial charge in [0.2, 0.25) is 0 Å². The Balaban J connectivity index is 1.89. The molecule has 0 fully saturated rings. The molecule has 0 radical (unpaired) electrons. The van der Waals surface area contributed by atoms with E-state index < -0.39 is 4.92 Å². The highest BCUT2D eigenvalue weighted by Crippen LogP contribution is 2.17. The summed E-state index contributed by atoms with van der Waals surface area (Å²) >= 11 is 3.41. The molecule has 0 heterocycles. The molecule has 0 saturated carbocycles. The first-order valence-electron chi connectivity index (χ1n) is 7.62. The van der Waals surface area contributed by atoms with E-state index in [4.69, 9.17) is 0 Å². The fourth-order valence-corrected chi connectivity index (χ4v) is 2.64. The van der Waals surface area contributed by atoms with Crippen LogP contribution in [-0.4, -0.2) is 17.4 Å². The lowest BCUT2D eigenvalue weighted by Gasteiger charge is -2.14. The molecule has 6 nitrogen and oxygen atoms in total. The van der Waals surface area contributed by atoms with Crippen LogP contribution in [0.3, 0.4) is 0 Å². The number of carbonyl (C=O) groups excluding carboxylic acids is 1. The molecule has 0 saturated heterocycles. The van der Waals surface area contributed by atoms with E-state index in [0.29, 0.717) is 5.69 Å². The van der Waals surface area contributed by atoms with Crippen molar-refractivity contribution >= 4 is 33.2 Å². The first kappa shape index (κ1) is 18.1. The molecule has 0 spiro atoms. The molecule has 0 unspecified atom stereocenters. The zero-order valence-corrected chi connectivity index (χ0v) is 14.8. The number of nitrogens with one attached hydrogen (secondary N) is 1. The molecule has 7 heteroatoms. The number of nitro benzene ring substituents is 1. The molecule has 0 aliphatic heterocycles. The molecule has 3 N–H and O–H groups in total. The van der Waals surface area contributed by atoms with E-state index in [9.17, 15) is 14.9 Å². The Labute approximate surface area is 148 Å². The Morgan fingerprint density at radius 1 is 1.21 bits per heavy atom. The second kappa shape index (κ2) is 8.56. The van der Waals surface area contributed by atoms with Crippen molar-refractivity contribution in [1.82, 2.24) is 0 Å². The normalized spacial score (nSPS) is 11.8. The van der Waals surface area contributed by atoms with Crippen molar-refractivity contribution in [2.75, 3.05) is 11.9 Å². The lowest BCUT2D eigenvalue weighted by atomic mass is 10.0. The van der Waals surface area contributed by atoms with Gasteiger partial charge in [-0.3, -0.25) is 14.9 Å². The summed E-state index contributed by atoms with van der Waals surface area (Å²) in [5.74, 6) is -0.139. The zero-order valence-electron chi connectivity index (χ0n) is 13.2. The molecule has 2 aromatic carbocycles. The summed E-state index contributed by atoms with van der Waals surface area (Å²) in [5.41, 5.74) is 1.72. The maximum absolute atomic E-state index is 12.1. The highest BCUT2D eigenvalue weighted by atomic mass is 79.9. The van der Waals surface area contributed by atoms with Gasteiger partial charge in [-0.1, -0.05) is 35.0 Å². The zero-order chi connectivity index (χ0) is 17.5. The van der Waals surface area contributed by atoms with Gasteiger partial charge in [0.05, 0.1) is 4.92 Å². The molecule has 0 aromatic heterocycles. The number of nitro groups is 1. The molecule has 0 bridgehead atoms. The fourth-order valence-electron chi connectivity index (χ4n) is 2.38. The van der Waals surface area contributed by atoms with Crippen LogP contribution in [0.2, 0.25) is 0 Å². The summed E-state index contributed by atoms with van der Waals surface area (Å²) in [5, 5.41) is 15.3. The number of halogens is 1. The Kier molecular flexibility index (Phi) is 6.45. The number of amides is 1. The van der Waals surface area contributed by atoms with Crippen molar-refractivity contribution in [3.8, 4) is 0 Å². The summed E-state index contributed by atoms with van der Waals surface area (Å²) in [4.78, 5) is 22.2. The second-order valence-electron chi connectivity index (χ2n) is 5.36. The molecule has 2 aromatic rings. The molecular formula is C17H19BrN3O3+. The first-order chi connectivity index (χ1) is 11.5. The van der Waals surface area contributed by atoms with E-state index in [-0.39, 0.29) is 24.2 Å². The molecular weight excluding hydrogens is 374 g/mol. The van der Waals surface area contributed by atoms with E-state index in [1.807, 2.05) is 29.6 Å². The van der Waals surface area contributed by atoms with E-state index in [0.717, 1.165) is 10.9 Å². The Bertz CT molecular complexity index is 702. The van der Waals surface area contributed by atoms with Gasteiger partial charge in [0, 0.05) is 34.3 Å². The number of quaternary nitrogens is 1. The number of non-ortho nitro benzene ring substituents is 1. The maximum Gasteiger partial charge on any atom is 0.279 e. The number of hydrogen-bond donors (Lipinski definition) is 2. The predicted molar refractivity (Wildman–Crippen MR) is 95.7 cm³/mol. The van der Waals surface area contributed by atoms with E-state index in [1.165, 1.54) is 29.8 Å². The Hall–Kier alpha value is -2.25. The van der Waals surface area contributed by atoms with Gasteiger partial charge in [0.25, 0.3) is 11.6 Å². The van der Waals surface area contributed by atoms with E-state index in [1.54, 1.807) is 0 Å². The average Bonchev–Trinajstić information content (AvgIpc) is 2.57. The minimum absolute atomic E-state index is 0.000784. The first-order valence-corrected chi connectivity index (χ1v) is 8.42. The van der Waals surface area contributed by atoms with Gasteiger partial charge in [-0.2, -0.15) is 0 Å². The quantitative estimate of drug-likeness (QED) is 0.560. The summed E-state index contributed by atoms with van der Waals surface area (Å²) < 4.78 is 1.03. The van der Waals surface area contributed by atoms with Gasteiger partial charge in [-0.05, 0) is 24.3 Å². The van der Waals surface area contributed by atoms with Gasteiger partial charge in [-0.25, -0.2) is 0 Å². The SMILES string of the molecule is CC[C@@H]([NH2+]CC(=O)Nc1ccc([N+](=O)[O-])cc1)c1ccc(Br)cc1. The minimum Gasteiger partial charge on any atom is -0.332 e. The van der Waals surface area contributed by atoms with Crippen molar-refractivity contribution in [1.29, 1.82) is 0 Å². The summed E-state index contributed by atoms with van der Waals surface area (Å²) in [7, 11) is 0. The standard InChI is InChI=1S/C17H18BrN3O3/c1-2-16(12-3-5-13(18)6-4-12)19-11-17(22)20-14-7-9-15(10-8-14)21(23)24/h3-10,16,19H,2,11H2,1H3,(H,20,22)/p+1/t16-/m1/s1.